The topological polar surface area (TPSA) is 110 Å². The second kappa shape index (κ2) is 15.2. The molecule has 9 nitrogen and oxygen atoms in total. The Labute approximate surface area is 280 Å². The van der Waals surface area contributed by atoms with Crippen LogP contribution in [0.3, 0.4) is 0 Å². The third kappa shape index (κ3) is 9.93. The number of hydrogen-bond acceptors (Lipinski definition) is 9. The third-order valence-electron chi connectivity index (χ3n) is 6.98. The molecule has 5 rings (SSSR count). The molecule has 0 aliphatic heterocycles. The number of carbonyl (C=O) groups is 1. The van der Waals surface area contributed by atoms with Gasteiger partial charge < -0.3 is 23.1 Å². The molecule has 0 radical (unpaired) electrons. The number of esters is 1. The zero-order chi connectivity index (χ0) is 33.6. The molecule has 1 heterocycles. The van der Waals surface area contributed by atoms with E-state index in [1.807, 2.05) is 30.3 Å². The van der Waals surface area contributed by atoms with Gasteiger partial charge in [-0.3, -0.25) is 4.98 Å². The molecule has 14 heteroatoms. The molecular weight excluding hydrogens is 679 g/mol. The summed E-state index contributed by atoms with van der Waals surface area (Å²) in [7, 11) is -4.01. The number of ether oxygens (including phenoxy) is 4. The van der Waals surface area contributed by atoms with Crippen LogP contribution < -0.4 is 18.4 Å². The minimum atomic E-state index is -4.01. The summed E-state index contributed by atoms with van der Waals surface area (Å²) in [5.74, 6) is -0.829. The van der Waals surface area contributed by atoms with E-state index in [1.54, 1.807) is 0 Å². The maximum absolute atomic E-state index is 13.6. The Morgan fingerprint density at radius 1 is 0.915 bits per heavy atom. The molecule has 1 fully saturated rings. The van der Waals surface area contributed by atoms with Crippen molar-refractivity contribution in [1.82, 2.24) is 4.98 Å². The quantitative estimate of drug-likeness (QED) is 0.0901. The largest absolute Gasteiger partial charge is 0.489 e. The smallest absolute Gasteiger partial charge is 0.387 e. The fourth-order valence-corrected chi connectivity index (χ4v) is 5.46. The number of benzene rings is 3. The van der Waals surface area contributed by atoms with Crippen LogP contribution in [0.15, 0.2) is 79.1 Å². The average molecular weight is 709 g/mol. The van der Waals surface area contributed by atoms with Gasteiger partial charge in [0.05, 0.1) is 28.5 Å². The molecule has 1 atom stereocenters. The monoisotopic (exact) mass is 707 g/mol. The van der Waals surface area contributed by atoms with Crippen LogP contribution in [0.1, 0.15) is 46.0 Å². The minimum Gasteiger partial charge on any atom is -0.489 e. The maximum atomic E-state index is 13.6. The standard InChI is InChI=1S/C33H29Cl2F2NO8S/c1-47(40,41)46-31-14-23(10-11-27(31)42-18-20-5-3-2-4-6-20)32(39)44-29(15-24-25(34)16-38-17-26(24)35)22-9-12-28(45-33(36)37)30(13-22)43-19-21-7-8-21/h2-6,9-14,16-17,21,29,33H,7-8,15,18-19H2,1H3/t29-/m0/s1. The molecule has 3 aromatic carbocycles. The van der Waals surface area contributed by atoms with Crippen molar-refractivity contribution >= 4 is 39.3 Å². The summed E-state index contributed by atoms with van der Waals surface area (Å²) in [6.45, 7) is -2.68. The maximum Gasteiger partial charge on any atom is 0.387 e. The molecule has 0 unspecified atom stereocenters. The number of carbonyl (C=O) groups excluding carboxylic acids is 1. The van der Waals surface area contributed by atoms with Gasteiger partial charge in [0.25, 0.3) is 0 Å². The first-order valence-electron chi connectivity index (χ1n) is 14.4. The Bertz CT molecular complexity index is 1800. The Balaban J connectivity index is 1.46. The van der Waals surface area contributed by atoms with E-state index >= 15 is 0 Å². The molecule has 1 aromatic heterocycles. The number of nitrogens with zero attached hydrogens (tertiary/aromatic N) is 1. The van der Waals surface area contributed by atoms with Crippen LogP contribution in [0.2, 0.25) is 10.0 Å². The molecule has 0 bridgehead atoms. The fourth-order valence-electron chi connectivity index (χ4n) is 4.48. The molecular formula is C33H29Cl2F2NO8S. The molecule has 0 amide bonds. The van der Waals surface area contributed by atoms with E-state index in [9.17, 15) is 22.0 Å². The fraction of sp³-hybridized carbons (Fsp3) is 0.273. The molecule has 1 aliphatic rings. The number of halogens is 4. The van der Waals surface area contributed by atoms with Crippen molar-refractivity contribution in [1.29, 1.82) is 0 Å². The number of hydrogen-bond donors (Lipinski definition) is 0. The van der Waals surface area contributed by atoms with E-state index in [2.05, 4.69) is 9.72 Å². The lowest BCUT2D eigenvalue weighted by atomic mass is 10.0. The Morgan fingerprint density at radius 3 is 2.28 bits per heavy atom. The first-order chi connectivity index (χ1) is 22.4. The summed E-state index contributed by atoms with van der Waals surface area (Å²) in [4.78, 5) is 17.6. The zero-order valence-electron chi connectivity index (χ0n) is 24.9. The molecule has 4 aromatic rings. The second-order valence-corrected chi connectivity index (χ2v) is 13.1. The van der Waals surface area contributed by atoms with Gasteiger partial charge in [-0.25, -0.2) is 4.79 Å². The van der Waals surface area contributed by atoms with E-state index in [1.165, 1.54) is 48.8 Å². The summed E-state index contributed by atoms with van der Waals surface area (Å²) in [6.07, 6.45) is 4.45. The highest BCUT2D eigenvalue weighted by atomic mass is 35.5. The molecule has 47 heavy (non-hydrogen) atoms. The summed E-state index contributed by atoms with van der Waals surface area (Å²) >= 11 is 12.8. The van der Waals surface area contributed by atoms with Crippen LogP contribution in [-0.2, 0) is 27.9 Å². The van der Waals surface area contributed by atoms with Crippen molar-refractivity contribution in [3.8, 4) is 23.0 Å². The van der Waals surface area contributed by atoms with Gasteiger partial charge in [-0.05, 0) is 59.7 Å². The highest BCUT2D eigenvalue weighted by Gasteiger charge is 2.27. The van der Waals surface area contributed by atoms with Crippen molar-refractivity contribution in [3.05, 3.63) is 111 Å². The predicted molar refractivity (Wildman–Crippen MR) is 170 cm³/mol. The van der Waals surface area contributed by atoms with E-state index in [0.29, 0.717) is 23.7 Å². The summed E-state index contributed by atoms with van der Waals surface area (Å²) in [5.41, 5.74) is 1.55. The highest BCUT2D eigenvalue weighted by molar-refractivity contribution is 7.86. The summed E-state index contributed by atoms with van der Waals surface area (Å²) in [5, 5.41) is 0.426. The van der Waals surface area contributed by atoms with E-state index in [0.717, 1.165) is 24.7 Å². The van der Waals surface area contributed by atoms with Crippen molar-refractivity contribution in [2.24, 2.45) is 5.92 Å². The van der Waals surface area contributed by atoms with Crippen LogP contribution in [0.5, 0.6) is 23.0 Å². The van der Waals surface area contributed by atoms with Crippen LogP contribution in [-0.4, -0.2) is 38.8 Å². The number of alkyl halides is 2. The summed E-state index contributed by atoms with van der Waals surface area (Å²) < 4.78 is 77.8. The Morgan fingerprint density at radius 2 is 1.62 bits per heavy atom. The minimum absolute atomic E-state index is 0.0337. The van der Waals surface area contributed by atoms with E-state index < -0.39 is 28.8 Å². The van der Waals surface area contributed by atoms with Crippen molar-refractivity contribution < 1.29 is 45.1 Å². The van der Waals surface area contributed by atoms with Gasteiger partial charge in [-0.1, -0.05) is 59.6 Å². The molecule has 248 valence electrons. The van der Waals surface area contributed by atoms with E-state index in [4.69, 9.17) is 41.6 Å². The Kier molecular flexibility index (Phi) is 11.1. The number of aromatic nitrogens is 1. The van der Waals surface area contributed by atoms with Crippen LogP contribution in [0.4, 0.5) is 8.78 Å². The normalized spacial score (nSPS) is 13.6. The van der Waals surface area contributed by atoms with Gasteiger partial charge in [-0.2, -0.15) is 17.2 Å². The highest BCUT2D eigenvalue weighted by Crippen LogP contribution is 2.38. The lowest BCUT2D eigenvalue weighted by molar-refractivity contribution is -0.0515. The van der Waals surface area contributed by atoms with Gasteiger partial charge in [0.1, 0.15) is 12.7 Å². The van der Waals surface area contributed by atoms with Crippen LogP contribution >= 0.6 is 23.2 Å². The SMILES string of the molecule is CS(=O)(=O)Oc1cc(C(=O)O[C@@H](Cc2c(Cl)cncc2Cl)c2ccc(OC(F)F)c(OCC3CC3)c2)ccc1OCc1ccccc1. The molecule has 0 saturated heterocycles. The summed E-state index contributed by atoms with van der Waals surface area (Å²) in [6, 6.07) is 17.4. The van der Waals surface area contributed by atoms with Crippen molar-refractivity contribution in [3.63, 3.8) is 0 Å². The molecule has 1 saturated carbocycles. The second-order valence-electron chi connectivity index (χ2n) is 10.7. The van der Waals surface area contributed by atoms with Crippen LogP contribution in [0, 0.1) is 5.92 Å². The van der Waals surface area contributed by atoms with Gasteiger partial charge >= 0.3 is 22.7 Å². The van der Waals surface area contributed by atoms with Gasteiger partial charge in [0.2, 0.25) is 0 Å². The van der Waals surface area contributed by atoms with Gasteiger partial charge in [-0.15, -0.1) is 0 Å². The number of rotatable bonds is 15. The van der Waals surface area contributed by atoms with Gasteiger partial charge in [0.15, 0.2) is 23.0 Å². The van der Waals surface area contributed by atoms with E-state index in [-0.39, 0.29) is 51.6 Å². The van der Waals surface area contributed by atoms with Crippen LogP contribution in [0.25, 0.3) is 0 Å². The van der Waals surface area contributed by atoms with Crippen molar-refractivity contribution in [2.75, 3.05) is 12.9 Å². The van der Waals surface area contributed by atoms with Crippen molar-refractivity contribution in [2.45, 2.75) is 38.6 Å². The predicted octanol–water partition coefficient (Wildman–Crippen LogP) is 7.84. The molecule has 0 spiro atoms. The average Bonchev–Trinajstić information content (AvgIpc) is 3.85. The molecule has 0 N–H and O–H groups in total. The first-order valence-corrected chi connectivity index (χ1v) is 16.9. The number of pyridine rings is 1. The third-order valence-corrected chi connectivity index (χ3v) is 8.11. The lowest BCUT2D eigenvalue weighted by Crippen LogP contribution is -2.16. The Hall–Kier alpha value is -4.13. The molecule has 1 aliphatic carbocycles. The van der Waals surface area contributed by atoms with Gasteiger partial charge in [0, 0.05) is 24.9 Å². The zero-order valence-corrected chi connectivity index (χ0v) is 27.2. The lowest BCUT2D eigenvalue weighted by Gasteiger charge is -2.22. The first kappa shape index (κ1) is 34.2.